The molecule has 4 rings (SSSR count). The minimum absolute atomic E-state index is 0.0556. The summed E-state index contributed by atoms with van der Waals surface area (Å²) in [5.41, 5.74) is 4.07. The molecule has 2 aliphatic rings. The molecule has 0 spiro atoms. The molecule has 3 heterocycles. The van der Waals surface area contributed by atoms with Crippen LogP contribution in [0.15, 0.2) is 33.9 Å². The Morgan fingerprint density at radius 3 is 2.34 bits per heavy atom. The number of sulfonamides is 1. The monoisotopic (exact) mass is 433 g/mol. The predicted molar refractivity (Wildman–Crippen MR) is 116 cm³/mol. The molecular formula is C21H27N3O3S2. The van der Waals surface area contributed by atoms with E-state index in [1.807, 2.05) is 0 Å². The van der Waals surface area contributed by atoms with E-state index in [2.05, 4.69) is 36.9 Å². The van der Waals surface area contributed by atoms with Crippen LogP contribution in [-0.4, -0.2) is 62.8 Å². The Bertz CT molecular complexity index is 1000. The molecule has 0 saturated carbocycles. The van der Waals surface area contributed by atoms with Crippen LogP contribution < -0.4 is 4.90 Å². The molecule has 2 aromatic rings. The van der Waals surface area contributed by atoms with Crippen LogP contribution in [0.25, 0.3) is 0 Å². The molecule has 2 saturated heterocycles. The highest BCUT2D eigenvalue weighted by atomic mass is 32.2. The first-order chi connectivity index (χ1) is 13.9. The molecule has 0 atom stereocenters. The second-order valence-electron chi connectivity index (χ2n) is 7.83. The van der Waals surface area contributed by atoms with E-state index < -0.39 is 10.0 Å². The van der Waals surface area contributed by atoms with Crippen molar-refractivity contribution in [1.82, 2.24) is 9.21 Å². The lowest BCUT2D eigenvalue weighted by Gasteiger charge is -2.36. The Labute approximate surface area is 176 Å². The van der Waals surface area contributed by atoms with Crippen molar-refractivity contribution < 1.29 is 13.2 Å². The first kappa shape index (κ1) is 20.4. The number of hydrogen-bond acceptors (Lipinski definition) is 5. The number of rotatable bonds is 4. The third kappa shape index (κ3) is 4.06. The number of carbonyl (C=O) groups excluding carboxylic acids is 1. The highest BCUT2D eigenvalue weighted by Crippen LogP contribution is 2.28. The fraction of sp³-hybridized carbons (Fsp3) is 0.476. The van der Waals surface area contributed by atoms with Crippen molar-refractivity contribution >= 4 is 33.0 Å². The van der Waals surface area contributed by atoms with E-state index >= 15 is 0 Å². The number of benzene rings is 1. The van der Waals surface area contributed by atoms with Gasteiger partial charge in [0, 0.05) is 50.3 Å². The van der Waals surface area contributed by atoms with Crippen LogP contribution in [0, 0.1) is 13.8 Å². The van der Waals surface area contributed by atoms with Gasteiger partial charge in [-0.3, -0.25) is 4.79 Å². The van der Waals surface area contributed by atoms with Gasteiger partial charge in [-0.05, 0) is 49.9 Å². The summed E-state index contributed by atoms with van der Waals surface area (Å²) in [5.74, 6) is -0.0556. The molecule has 1 aromatic carbocycles. The van der Waals surface area contributed by atoms with Gasteiger partial charge in [-0.1, -0.05) is 12.1 Å². The van der Waals surface area contributed by atoms with Gasteiger partial charge in [-0.15, -0.1) is 11.3 Å². The summed E-state index contributed by atoms with van der Waals surface area (Å²) in [5, 5.41) is 1.68. The van der Waals surface area contributed by atoms with Crippen LogP contribution in [0.4, 0.5) is 5.69 Å². The fourth-order valence-electron chi connectivity index (χ4n) is 4.02. The standard InChI is InChI=1S/C21H27N3O3S2/c1-16-5-6-17(2)19(13-16)22-9-11-24(12-10-22)29(26,27)20-14-18(15-28-20)21(25)23-7-3-4-8-23/h5-6,13-15H,3-4,7-12H2,1-2H3. The predicted octanol–water partition coefficient (Wildman–Crippen LogP) is 3.11. The van der Waals surface area contributed by atoms with Crippen molar-refractivity contribution in [1.29, 1.82) is 0 Å². The lowest BCUT2D eigenvalue weighted by molar-refractivity contribution is 0.0793. The number of nitrogens with zero attached hydrogens (tertiary/aromatic N) is 3. The second-order valence-corrected chi connectivity index (χ2v) is 10.9. The number of anilines is 1. The van der Waals surface area contributed by atoms with Crippen LogP contribution in [-0.2, 0) is 10.0 Å². The molecule has 2 fully saturated rings. The Morgan fingerprint density at radius 2 is 1.66 bits per heavy atom. The lowest BCUT2D eigenvalue weighted by Crippen LogP contribution is -2.48. The van der Waals surface area contributed by atoms with E-state index in [0.29, 0.717) is 31.7 Å². The molecule has 0 radical (unpaired) electrons. The summed E-state index contributed by atoms with van der Waals surface area (Å²) in [6, 6.07) is 7.92. The minimum Gasteiger partial charge on any atom is -0.369 e. The summed E-state index contributed by atoms with van der Waals surface area (Å²) in [7, 11) is -3.57. The van der Waals surface area contributed by atoms with Crippen LogP contribution in [0.2, 0.25) is 0 Å². The molecular weight excluding hydrogens is 406 g/mol. The maximum absolute atomic E-state index is 13.1. The van der Waals surface area contributed by atoms with Gasteiger partial charge in [-0.25, -0.2) is 8.42 Å². The highest BCUT2D eigenvalue weighted by molar-refractivity contribution is 7.91. The Balaban J connectivity index is 1.45. The molecule has 156 valence electrons. The van der Waals surface area contributed by atoms with Gasteiger partial charge in [0.15, 0.2) is 0 Å². The van der Waals surface area contributed by atoms with Gasteiger partial charge in [0.2, 0.25) is 0 Å². The molecule has 6 nitrogen and oxygen atoms in total. The smallest absolute Gasteiger partial charge is 0.254 e. The van der Waals surface area contributed by atoms with Gasteiger partial charge in [0.1, 0.15) is 4.21 Å². The van der Waals surface area contributed by atoms with Crippen LogP contribution in [0.5, 0.6) is 0 Å². The van der Waals surface area contributed by atoms with E-state index in [9.17, 15) is 13.2 Å². The molecule has 2 aliphatic heterocycles. The third-order valence-electron chi connectivity index (χ3n) is 5.75. The molecule has 1 aromatic heterocycles. The molecule has 29 heavy (non-hydrogen) atoms. The zero-order valence-corrected chi connectivity index (χ0v) is 18.6. The van der Waals surface area contributed by atoms with Gasteiger partial charge in [0.25, 0.3) is 15.9 Å². The average Bonchev–Trinajstić information content (AvgIpc) is 3.42. The Hall–Kier alpha value is -1.90. The number of aryl methyl sites for hydroxylation is 2. The summed E-state index contributed by atoms with van der Waals surface area (Å²) in [4.78, 5) is 16.6. The van der Waals surface area contributed by atoms with Crippen molar-refractivity contribution in [3.8, 4) is 0 Å². The summed E-state index contributed by atoms with van der Waals surface area (Å²) >= 11 is 1.15. The number of piperazine rings is 1. The SMILES string of the molecule is Cc1ccc(C)c(N2CCN(S(=O)(=O)c3cc(C(=O)N4CCCC4)cs3)CC2)c1. The molecule has 8 heteroatoms. The summed E-state index contributed by atoms with van der Waals surface area (Å²) < 4.78 is 28.0. The summed E-state index contributed by atoms with van der Waals surface area (Å²) in [6.07, 6.45) is 2.04. The van der Waals surface area contributed by atoms with Crippen molar-refractivity contribution in [3.05, 3.63) is 46.3 Å². The van der Waals surface area contributed by atoms with Crippen molar-refractivity contribution in [2.45, 2.75) is 30.9 Å². The van der Waals surface area contributed by atoms with Crippen LogP contribution in [0.3, 0.4) is 0 Å². The minimum atomic E-state index is -3.57. The maximum atomic E-state index is 13.1. The van der Waals surface area contributed by atoms with E-state index in [0.717, 1.165) is 37.3 Å². The van der Waals surface area contributed by atoms with Gasteiger partial charge in [0.05, 0.1) is 5.56 Å². The fourth-order valence-corrected chi connectivity index (χ4v) is 6.75. The Morgan fingerprint density at radius 1 is 0.966 bits per heavy atom. The van der Waals surface area contributed by atoms with E-state index in [4.69, 9.17) is 0 Å². The van der Waals surface area contributed by atoms with Crippen LogP contribution >= 0.6 is 11.3 Å². The zero-order valence-electron chi connectivity index (χ0n) is 16.9. The first-order valence-corrected chi connectivity index (χ1v) is 12.4. The van der Waals surface area contributed by atoms with Crippen molar-refractivity contribution in [3.63, 3.8) is 0 Å². The molecule has 0 unspecified atom stereocenters. The number of thiophene rings is 1. The number of amides is 1. The van der Waals surface area contributed by atoms with Gasteiger partial charge >= 0.3 is 0 Å². The molecule has 1 amide bonds. The van der Waals surface area contributed by atoms with E-state index in [1.165, 1.54) is 16.8 Å². The lowest BCUT2D eigenvalue weighted by atomic mass is 10.1. The van der Waals surface area contributed by atoms with Gasteiger partial charge < -0.3 is 9.80 Å². The van der Waals surface area contributed by atoms with Crippen molar-refractivity contribution in [2.75, 3.05) is 44.2 Å². The Kier molecular flexibility index (Phi) is 5.68. The highest BCUT2D eigenvalue weighted by Gasteiger charge is 2.31. The van der Waals surface area contributed by atoms with Crippen LogP contribution in [0.1, 0.15) is 34.3 Å². The first-order valence-electron chi connectivity index (χ1n) is 10.1. The number of carbonyl (C=O) groups is 1. The number of likely N-dealkylation sites (tertiary alicyclic amines) is 1. The average molecular weight is 434 g/mol. The third-order valence-corrected chi connectivity index (χ3v) is 9.07. The quantitative estimate of drug-likeness (QED) is 0.743. The van der Waals surface area contributed by atoms with E-state index in [1.54, 1.807) is 20.7 Å². The van der Waals surface area contributed by atoms with E-state index in [-0.39, 0.29) is 10.1 Å². The normalized spacial score (nSPS) is 18.4. The van der Waals surface area contributed by atoms with Gasteiger partial charge in [-0.2, -0.15) is 4.31 Å². The molecule has 0 N–H and O–H groups in total. The van der Waals surface area contributed by atoms with Crippen molar-refractivity contribution in [2.24, 2.45) is 0 Å². The topological polar surface area (TPSA) is 60.9 Å². The number of hydrogen-bond donors (Lipinski definition) is 0. The molecule has 0 aliphatic carbocycles. The second kappa shape index (κ2) is 8.08. The largest absolute Gasteiger partial charge is 0.369 e. The summed E-state index contributed by atoms with van der Waals surface area (Å²) in [6.45, 7) is 7.90. The molecule has 0 bridgehead atoms. The maximum Gasteiger partial charge on any atom is 0.254 e. The zero-order chi connectivity index (χ0) is 20.6.